The molecule has 16 heavy (non-hydrogen) atoms. The van der Waals surface area contributed by atoms with Gasteiger partial charge in [0.25, 0.3) is 0 Å². The van der Waals surface area contributed by atoms with E-state index in [0.29, 0.717) is 27.3 Å². The third kappa shape index (κ3) is 2.38. The van der Waals surface area contributed by atoms with E-state index in [1.165, 1.54) is 6.07 Å². The SMILES string of the molecule is Nc1cc(I)c(F)cc1NCc1nn[nH]n1. The lowest BCUT2D eigenvalue weighted by Gasteiger charge is -2.08. The lowest BCUT2D eigenvalue weighted by Crippen LogP contribution is -2.05. The van der Waals surface area contributed by atoms with Gasteiger partial charge in [0.2, 0.25) is 0 Å². The number of aromatic nitrogens is 4. The lowest BCUT2D eigenvalue weighted by atomic mass is 10.2. The van der Waals surface area contributed by atoms with E-state index in [2.05, 4.69) is 25.9 Å². The Labute approximate surface area is 104 Å². The van der Waals surface area contributed by atoms with Gasteiger partial charge in [-0.2, -0.15) is 5.21 Å². The molecular formula is C8H8FIN6. The van der Waals surface area contributed by atoms with Crippen molar-refractivity contribution in [2.24, 2.45) is 0 Å². The summed E-state index contributed by atoms with van der Waals surface area (Å²) in [6.07, 6.45) is 0. The topological polar surface area (TPSA) is 92.5 Å². The van der Waals surface area contributed by atoms with E-state index in [4.69, 9.17) is 5.73 Å². The van der Waals surface area contributed by atoms with Gasteiger partial charge in [-0.1, -0.05) is 5.21 Å². The Morgan fingerprint density at radius 1 is 1.50 bits per heavy atom. The molecule has 0 aliphatic carbocycles. The van der Waals surface area contributed by atoms with Gasteiger partial charge < -0.3 is 11.1 Å². The fourth-order valence-corrected chi connectivity index (χ4v) is 1.64. The van der Waals surface area contributed by atoms with Gasteiger partial charge in [-0.05, 0) is 28.7 Å². The second-order valence-electron chi connectivity index (χ2n) is 3.04. The molecule has 0 spiro atoms. The van der Waals surface area contributed by atoms with Crippen molar-refractivity contribution in [3.63, 3.8) is 0 Å². The lowest BCUT2D eigenvalue weighted by molar-refractivity contribution is 0.621. The molecule has 4 N–H and O–H groups in total. The van der Waals surface area contributed by atoms with Crippen LogP contribution >= 0.6 is 22.6 Å². The Kier molecular flexibility index (Phi) is 3.17. The number of nitrogen functional groups attached to an aromatic ring is 1. The maximum atomic E-state index is 13.3. The standard InChI is InChI=1S/C8H8FIN6/c9-4-1-7(6(11)2-5(4)10)12-3-8-13-15-16-14-8/h1-2,12H,3,11H2,(H,13,14,15,16). The molecule has 1 heterocycles. The molecule has 0 saturated heterocycles. The molecule has 0 amide bonds. The second-order valence-corrected chi connectivity index (χ2v) is 4.20. The van der Waals surface area contributed by atoms with Crippen LogP contribution < -0.4 is 11.1 Å². The van der Waals surface area contributed by atoms with Crippen molar-refractivity contribution in [3.05, 3.63) is 27.3 Å². The van der Waals surface area contributed by atoms with Crippen molar-refractivity contribution in [3.8, 4) is 0 Å². The molecule has 0 unspecified atom stereocenters. The van der Waals surface area contributed by atoms with Gasteiger partial charge in [0.05, 0.1) is 21.5 Å². The van der Waals surface area contributed by atoms with Crippen molar-refractivity contribution in [2.75, 3.05) is 11.1 Å². The van der Waals surface area contributed by atoms with Gasteiger partial charge in [0.15, 0.2) is 5.82 Å². The van der Waals surface area contributed by atoms with Crippen molar-refractivity contribution in [1.82, 2.24) is 20.6 Å². The molecule has 84 valence electrons. The zero-order valence-corrected chi connectivity index (χ0v) is 10.2. The van der Waals surface area contributed by atoms with E-state index in [-0.39, 0.29) is 5.82 Å². The van der Waals surface area contributed by atoms with Crippen LogP contribution in [0.2, 0.25) is 0 Å². The molecule has 0 radical (unpaired) electrons. The van der Waals surface area contributed by atoms with Crippen LogP contribution in [0, 0.1) is 9.39 Å². The van der Waals surface area contributed by atoms with E-state index in [1.807, 2.05) is 22.6 Å². The highest BCUT2D eigenvalue weighted by molar-refractivity contribution is 14.1. The van der Waals surface area contributed by atoms with Crippen LogP contribution in [0.15, 0.2) is 12.1 Å². The average molecular weight is 334 g/mol. The fraction of sp³-hybridized carbons (Fsp3) is 0.125. The van der Waals surface area contributed by atoms with Crippen molar-refractivity contribution in [1.29, 1.82) is 0 Å². The molecule has 2 rings (SSSR count). The number of nitrogens with zero attached hydrogens (tertiary/aromatic N) is 3. The first-order chi connectivity index (χ1) is 7.66. The highest BCUT2D eigenvalue weighted by atomic mass is 127. The molecule has 0 saturated carbocycles. The highest BCUT2D eigenvalue weighted by Crippen LogP contribution is 2.24. The Hall–Kier alpha value is -1.45. The number of halogens is 2. The van der Waals surface area contributed by atoms with E-state index >= 15 is 0 Å². The Morgan fingerprint density at radius 2 is 2.31 bits per heavy atom. The number of rotatable bonds is 3. The van der Waals surface area contributed by atoms with Gasteiger partial charge in [0, 0.05) is 6.07 Å². The van der Waals surface area contributed by atoms with Crippen LogP contribution in [0.25, 0.3) is 0 Å². The molecule has 0 aliphatic rings. The van der Waals surface area contributed by atoms with Crippen LogP contribution in [0.4, 0.5) is 15.8 Å². The smallest absolute Gasteiger partial charge is 0.193 e. The molecular weight excluding hydrogens is 326 g/mol. The normalized spacial score (nSPS) is 10.4. The summed E-state index contributed by atoms with van der Waals surface area (Å²) >= 11 is 1.88. The number of aromatic amines is 1. The Morgan fingerprint density at radius 3 is 3.00 bits per heavy atom. The number of nitrogens with two attached hydrogens (primary N) is 1. The van der Waals surface area contributed by atoms with Crippen LogP contribution in [-0.4, -0.2) is 20.6 Å². The first-order valence-corrected chi connectivity index (χ1v) is 5.45. The minimum atomic E-state index is -0.314. The first-order valence-electron chi connectivity index (χ1n) is 4.37. The summed E-state index contributed by atoms with van der Waals surface area (Å²) in [5, 5.41) is 16.2. The van der Waals surface area contributed by atoms with E-state index < -0.39 is 0 Å². The third-order valence-electron chi connectivity index (χ3n) is 1.92. The quantitative estimate of drug-likeness (QED) is 0.578. The van der Waals surface area contributed by atoms with Gasteiger partial charge >= 0.3 is 0 Å². The number of hydrogen-bond acceptors (Lipinski definition) is 5. The summed E-state index contributed by atoms with van der Waals surface area (Å²) < 4.78 is 13.8. The fourth-order valence-electron chi connectivity index (χ4n) is 1.15. The Balaban J connectivity index is 2.12. The summed E-state index contributed by atoms with van der Waals surface area (Å²) in [5.74, 6) is 0.170. The van der Waals surface area contributed by atoms with Crippen LogP contribution in [0.3, 0.4) is 0 Å². The average Bonchev–Trinajstić information content (AvgIpc) is 2.74. The summed E-state index contributed by atoms with van der Waals surface area (Å²) in [7, 11) is 0. The Bertz CT molecular complexity index is 486. The summed E-state index contributed by atoms with van der Waals surface area (Å²) in [6, 6.07) is 2.91. The largest absolute Gasteiger partial charge is 0.397 e. The third-order valence-corrected chi connectivity index (χ3v) is 2.75. The number of benzene rings is 1. The van der Waals surface area contributed by atoms with Gasteiger partial charge in [0.1, 0.15) is 5.82 Å². The maximum Gasteiger partial charge on any atom is 0.193 e. The zero-order chi connectivity index (χ0) is 11.5. The van der Waals surface area contributed by atoms with E-state index in [1.54, 1.807) is 6.07 Å². The molecule has 1 aromatic heterocycles. The zero-order valence-electron chi connectivity index (χ0n) is 8.04. The van der Waals surface area contributed by atoms with Crippen molar-refractivity contribution in [2.45, 2.75) is 6.54 Å². The summed E-state index contributed by atoms with van der Waals surface area (Å²) in [5.41, 5.74) is 6.73. The van der Waals surface area contributed by atoms with E-state index in [0.717, 1.165) is 0 Å². The van der Waals surface area contributed by atoms with Crippen LogP contribution in [0.1, 0.15) is 5.82 Å². The van der Waals surface area contributed by atoms with Gasteiger partial charge in [-0.3, -0.25) is 0 Å². The minimum Gasteiger partial charge on any atom is -0.397 e. The van der Waals surface area contributed by atoms with Gasteiger partial charge in [-0.25, -0.2) is 4.39 Å². The van der Waals surface area contributed by atoms with Crippen LogP contribution in [0.5, 0.6) is 0 Å². The number of tetrazole rings is 1. The van der Waals surface area contributed by atoms with Crippen molar-refractivity contribution >= 4 is 34.0 Å². The summed E-state index contributed by atoms with van der Waals surface area (Å²) in [6.45, 7) is 0.334. The monoisotopic (exact) mass is 334 g/mol. The first kappa shape index (κ1) is 11.0. The summed E-state index contributed by atoms with van der Waals surface area (Å²) in [4.78, 5) is 0. The van der Waals surface area contributed by atoms with Gasteiger partial charge in [-0.15, -0.1) is 10.2 Å². The maximum absolute atomic E-state index is 13.3. The molecule has 2 aromatic rings. The number of anilines is 2. The number of nitrogens with one attached hydrogen (secondary N) is 2. The number of hydrogen-bond donors (Lipinski definition) is 3. The van der Waals surface area contributed by atoms with Crippen molar-refractivity contribution < 1.29 is 4.39 Å². The van der Waals surface area contributed by atoms with E-state index in [9.17, 15) is 4.39 Å². The minimum absolute atomic E-state index is 0.314. The molecule has 8 heteroatoms. The molecule has 0 fully saturated rings. The highest BCUT2D eigenvalue weighted by Gasteiger charge is 2.06. The molecule has 0 aliphatic heterocycles. The molecule has 0 bridgehead atoms. The predicted octanol–water partition coefficient (Wildman–Crippen LogP) is 1.14. The molecule has 1 aromatic carbocycles. The number of H-pyrrole nitrogens is 1. The second kappa shape index (κ2) is 4.60. The van der Waals surface area contributed by atoms with Crippen LogP contribution in [-0.2, 0) is 6.54 Å². The molecule has 6 nitrogen and oxygen atoms in total. The predicted molar refractivity (Wildman–Crippen MR) is 65.0 cm³/mol. The molecule has 0 atom stereocenters.